The van der Waals surface area contributed by atoms with Crippen molar-refractivity contribution in [2.24, 2.45) is 0 Å². The minimum absolute atomic E-state index is 0.125. The molecule has 2 heterocycles. The van der Waals surface area contributed by atoms with Gasteiger partial charge in [0.25, 0.3) is 17.7 Å². The Labute approximate surface area is 229 Å². The zero-order valence-electron chi connectivity index (χ0n) is 18.2. The Kier molecular flexibility index (Phi) is 6.17. The molecule has 0 spiro atoms. The Morgan fingerprint density at radius 2 is 1.31 bits per heavy atom. The van der Waals surface area contributed by atoms with Gasteiger partial charge in [-0.2, -0.15) is 0 Å². The van der Waals surface area contributed by atoms with Crippen LogP contribution < -0.4 is 4.90 Å². The molecule has 2 aliphatic heterocycles. The second kappa shape index (κ2) is 8.79. The second-order valence-corrected chi connectivity index (χ2v) is 10.8. The summed E-state index contributed by atoms with van der Waals surface area (Å²) in [4.78, 5) is 43.1. The van der Waals surface area contributed by atoms with Gasteiger partial charge in [0.1, 0.15) is 6.04 Å². The predicted octanol–water partition coefficient (Wildman–Crippen LogP) is 7.43. The number of amides is 3. The lowest BCUT2D eigenvalue weighted by Gasteiger charge is -2.50. The average molecular weight is 613 g/mol. The van der Waals surface area contributed by atoms with E-state index in [1.165, 1.54) is 0 Å². The fourth-order valence-electron chi connectivity index (χ4n) is 4.53. The number of carbonyl (C=O) groups is 3. The standard InChI is InChI=1S/C25H15BrCl4N2O3/c1-10-6-7-14(8-11(10)2)31-21(12-4-3-5-13(26)9-12)22(25(31)35)32-23(33)15-16(24(32)34)18(28)20(30)19(29)17(15)27/h3-9,21-22H,1-2H3/t21-,22-/m1/s1. The molecule has 35 heavy (non-hydrogen) atoms. The molecule has 3 aromatic carbocycles. The van der Waals surface area contributed by atoms with Crippen LogP contribution in [0.1, 0.15) is 43.4 Å². The summed E-state index contributed by atoms with van der Waals surface area (Å²) in [5, 5.41) is -0.594. The van der Waals surface area contributed by atoms with Gasteiger partial charge in [0.15, 0.2) is 0 Å². The largest absolute Gasteiger partial charge is 0.300 e. The molecule has 2 atom stereocenters. The van der Waals surface area contributed by atoms with Crippen molar-refractivity contribution in [2.75, 3.05) is 4.90 Å². The van der Waals surface area contributed by atoms with E-state index in [1.54, 1.807) is 4.90 Å². The second-order valence-electron chi connectivity index (χ2n) is 8.41. The van der Waals surface area contributed by atoms with E-state index in [1.807, 2.05) is 56.3 Å². The number of imide groups is 1. The van der Waals surface area contributed by atoms with E-state index >= 15 is 0 Å². The Hall–Kier alpha value is -2.09. The quantitative estimate of drug-likeness (QED) is 0.134. The first-order valence-corrected chi connectivity index (χ1v) is 12.7. The maximum atomic E-state index is 13.6. The van der Waals surface area contributed by atoms with Crippen molar-refractivity contribution in [3.05, 3.63) is 94.8 Å². The fourth-order valence-corrected chi connectivity index (χ4v) is 5.96. The lowest BCUT2D eigenvalue weighted by atomic mass is 9.86. The third kappa shape index (κ3) is 3.61. The smallest absolute Gasteiger partial charge is 0.264 e. The van der Waals surface area contributed by atoms with Crippen molar-refractivity contribution < 1.29 is 14.4 Å². The summed E-state index contributed by atoms with van der Waals surface area (Å²) in [6, 6.07) is 11.3. The molecule has 1 fully saturated rings. The summed E-state index contributed by atoms with van der Waals surface area (Å²) in [6.45, 7) is 3.94. The number of carbonyl (C=O) groups excluding carboxylic acids is 3. The Balaban J connectivity index is 1.65. The molecule has 5 nitrogen and oxygen atoms in total. The minimum Gasteiger partial charge on any atom is -0.300 e. The Morgan fingerprint density at radius 3 is 1.86 bits per heavy atom. The van der Waals surface area contributed by atoms with Gasteiger partial charge in [-0.25, -0.2) is 0 Å². The van der Waals surface area contributed by atoms with Gasteiger partial charge in [-0.15, -0.1) is 0 Å². The molecule has 0 radical (unpaired) electrons. The van der Waals surface area contributed by atoms with Crippen LogP contribution in [-0.2, 0) is 4.79 Å². The van der Waals surface area contributed by atoms with Crippen LogP contribution in [0, 0.1) is 13.8 Å². The molecule has 1 saturated heterocycles. The number of aryl methyl sites for hydroxylation is 2. The van der Waals surface area contributed by atoms with Crippen LogP contribution >= 0.6 is 62.3 Å². The van der Waals surface area contributed by atoms with Gasteiger partial charge in [0.2, 0.25) is 0 Å². The molecular weight excluding hydrogens is 598 g/mol. The zero-order chi connectivity index (χ0) is 25.3. The van der Waals surface area contributed by atoms with Gasteiger partial charge in [0.05, 0.1) is 37.3 Å². The predicted molar refractivity (Wildman–Crippen MR) is 141 cm³/mol. The first kappa shape index (κ1) is 24.6. The minimum atomic E-state index is -1.11. The lowest BCUT2D eigenvalue weighted by Crippen LogP contribution is -2.67. The van der Waals surface area contributed by atoms with Crippen LogP contribution in [0.15, 0.2) is 46.9 Å². The third-order valence-electron chi connectivity index (χ3n) is 6.44. The highest BCUT2D eigenvalue weighted by Gasteiger charge is 2.58. The van der Waals surface area contributed by atoms with Crippen LogP contribution in [0.5, 0.6) is 0 Å². The van der Waals surface area contributed by atoms with Crippen LogP contribution in [0.4, 0.5) is 5.69 Å². The lowest BCUT2D eigenvalue weighted by molar-refractivity contribution is -0.130. The molecule has 0 bridgehead atoms. The first-order valence-electron chi connectivity index (χ1n) is 10.4. The molecule has 0 N–H and O–H groups in total. The number of nitrogens with zero attached hydrogens (tertiary/aromatic N) is 2. The average Bonchev–Trinajstić information content (AvgIpc) is 3.07. The van der Waals surface area contributed by atoms with Gasteiger partial charge < -0.3 is 4.90 Å². The van der Waals surface area contributed by atoms with E-state index in [4.69, 9.17) is 46.4 Å². The van der Waals surface area contributed by atoms with Crippen molar-refractivity contribution in [1.82, 2.24) is 4.90 Å². The Morgan fingerprint density at radius 1 is 0.714 bits per heavy atom. The highest BCUT2D eigenvalue weighted by Crippen LogP contribution is 2.49. The van der Waals surface area contributed by atoms with Crippen LogP contribution in [-0.4, -0.2) is 28.7 Å². The number of β-lactam (4-membered cyclic amide) rings is 1. The molecule has 3 aromatic rings. The molecule has 0 aromatic heterocycles. The van der Waals surface area contributed by atoms with E-state index in [0.29, 0.717) is 5.69 Å². The molecule has 0 aliphatic carbocycles. The normalized spacial score (nSPS) is 19.3. The zero-order valence-corrected chi connectivity index (χ0v) is 22.8. The topological polar surface area (TPSA) is 57.7 Å². The molecule has 178 valence electrons. The van der Waals surface area contributed by atoms with E-state index < -0.39 is 29.8 Å². The molecule has 2 aliphatic rings. The van der Waals surface area contributed by atoms with Crippen molar-refractivity contribution >= 4 is 85.7 Å². The summed E-state index contributed by atoms with van der Waals surface area (Å²) in [5.74, 6) is -1.89. The molecule has 0 unspecified atom stereocenters. The molecule has 10 heteroatoms. The summed E-state index contributed by atoms with van der Waals surface area (Å²) in [6.07, 6.45) is 0. The number of benzene rings is 3. The van der Waals surface area contributed by atoms with Gasteiger partial charge in [-0.3, -0.25) is 19.3 Å². The third-order valence-corrected chi connectivity index (χ3v) is 8.73. The number of fused-ring (bicyclic) bond motifs is 1. The van der Waals surface area contributed by atoms with Gasteiger partial charge in [0, 0.05) is 10.2 Å². The maximum Gasteiger partial charge on any atom is 0.264 e. The van der Waals surface area contributed by atoms with Crippen LogP contribution in [0.3, 0.4) is 0 Å². The summed E-state index contributed by atoms with van der Waals surface area (Å²) < 4.78 is 0.792. The number of hydrogen-bond acceptors (Lipinski definition) is 3. The number of rotatable bonds is 3. The van der Waals surface area contributed by atoms with Gasteiger partial charge in [-0.1, -0.05) is 80.5 Å². The first-order chi connectivity index (χ1) is 16.5. The molecule has 3 amide bonds. The fraction of sp³-hybridized carbons (Fsp3) is 0.160. The van der Waals surface area contributed by atoms with Crippen molar-refractivity contribution in [3.8, 4) is 0 Å². The SMILES string of the molecule is Cc1ccc(N2C(=O)[C@H](N3C(=O)c4c(Cl)c(Cl)c(Cl)c(Cl)c4C3=O)[C@H]2c2cccc(Br)c2)cc1C. The Bertz CT molecular complexity index is 1430. The monoisotopic (exact) mass is 610 g/mol. The molecule has 0 saturated carbocycles. The van der Waals surface area contributed by atoms with E-state index in [9.17, 15) is 14.4 Å². The van der Waals surface area contributed by atoms with Crippen molar-refractivity contribution in [3.63, 3.8) is 0 Å². The molecular formula is C25H15BrCl4N2O3. The number of halogens is 5. The summed E-state index contributed by atoms with van der Waals surface area (Å²) >= 11 is 28.4. The number of hydrogen-bond donors (Lipinski definition) is 0. The highest BCUT2D eigenvalue weighted by atomic mass is 79.9. The summed E-state index contributed by atoms with van der Waals surface area (Å²) in [5.41, 5.74) is 3.19. The highest BCUT2D eigenvalue weighted by molar-refractivity contribution is 9.10. The van der Waals surface area contributed by atoms with E-state index in [2.05, 4.69) is 15.9 Å². The van der Waals surface area contributed by atoms with E-state index in [-0.39, 0.29) is 31.2 Å². The van der Waals surface area contributed by atoms with Gasteiger partial charge >= 0.3 is 0 Å². The maximum absolute atomic E-state index is 13.6. The van der Waals surface area contributed by atoms with Crippen molar-refractivity contribution in [1.29, 1.82) is 0 Å². The van der Waals surface area contributed by atoms with Crippen LogP contribution in [0.2, 0.25) is 20.1 Å². The molecule has 5 rings (SSSR count). The summed E-state index contributed by atoms with van der Waals surface area (Å²) in [7, 11) is 0. The van der Waals surface area contributed by atoms with Crippen molar-refractivity contribution in [2.45, 2.75) is 25.9 Å². The number of anilines is 1. The van der Waals surface area contributed by atoms with E-state index in [0.717, 1.165) is 26.1 Å². The van der Waals surface area contributed by atoms with Gasteiger partial charge in [-0.05, 0) is 54.8 Å². The van der Waals surface area contributed by atoms with Crippen LogP contribution in [0.25, 0.3) is 0 Å².